The number of carbonyl (C=O) groups is 1. The lowest BCUT2D eigenvalue weighted by molar-refractivity contribution is -0.148. The number of nitrogens with zero attached hydrogens (tertiary/aromatic N) is 3. The standard InChI is InChI=1S/C16H24ClN3O4/c1-16(2)23-10-12(24-16)6-20(15(21)11-4-5-22-9-11)8-14-13(17)7-19(3)18-14/h7,11-12H,4-6,8-10H2,1-3H3/t11-,12-/m1/s1. The van der Waals surface area contributed by atoms with Gasteiger partial charge in [-0.05, 0) is 20.3 Å². The molecule has 1 aromatic heterocycles. The molecule has 7 nitrogen and oxygen atoms in total. The van der Waals surface area contributed by atoms with Crippen molar-refractivity contribution in [1.82, 2.24) is 14.7 Å². The maximum Gasteiger partial charge on any atom is 0.228 e. The van der Waals surface area contributed by atoms with Crippen LogP contribution in [0.25, 0.3) is 0 Å². The van der Waals surface area contributed by atoms with E-state index in [0.29, 0.717) is 43.6 Å². The minimum absolute atomic E-state index is 0.0579. The highest BCUT2D eigenvalue weighted by molar-refractivity contribution is 6.31. The maximum atomic E-state index is 12.9. The zero-order valence-corrected chi connectivity index (χ0v) is 15.1. The molecule has 0 bridgehead atoms. The Kier molecular flexibility index (Phi) is 5.15. The molecule has 0 unspecified atom stereocenters. The molecule has 0 N–H and O–H groups in total. The number of hydrogen-bond acceptors (Lipinski definition) is 5. The van der Waals surface area contributed by atoms with E-state index >= 15 is 0 Å². The summed E-state index contributed by atoms with van der Waals surface area (Å²) in [5, 5.41) is 4.91. The van der Waals surface area contributed by atoms with E-state index in [1.54, 1.807) is 15.8 Å². The van der Waals surface area contributed by atoms with E-state index in [0.717, 1.165) is 6.42 Å². The van der Waals surface area contributed by atoms with Crippen molar-refractivity contribution >= 4 is 17.5 Å². The SMILES string of the molecule is Cn1cc(Cl)c(CN(C[C@@H]2COC(C)(C)O2)C(=O)[C@@H]2CCOC2)n1. The summed E-state index contributed by atoms with van der Waals surface area (Å²) in [4.78, 5) is 14.7. The van der Waals surface area contributed by atoms with Crippen molar-refractivity contribution in [3.8, 4) is 0 Å². The summed E-state index contributed by atoms with van der Waals surface area (Å²) in [7, 11) is 1.81. The molecule has 3 heterocycles. The molecule has 1 amide bonds. The topological polar surface area (TPSA) is 65.8 Å². The molecule has 0 saturated carbocycles. The van der Waals surface area contributed by atoms with Crippen LogP contribution in [-0.2, 0) is 32.6 Å². The summed E-state index contributed by atoms with van der Waals surface area (Å²) >= 11 is 6.21. The van der Waals surface area contributed by atoms with E-state index in [-0.39, 0.29) is 17.9 Å². The van der Waals surface area contributed by atoms with Crippen molar-refractivity contribution in [3.05, 3.63) is 16.9 Å². The third-order valence-corrected chi connectivity index (χ3v) is 4.59. The molecule has 2 saturated heterocycles. The van der Waals surface area contributed by atoms with Gasteiger partial charge in [-0.2, -0.15) is 5.10 Å². The summed E-state index contributed by atoms with van der Waals surface area (Å²) < 4.78 is 18.5. The Bertz CT molecular complexity index is 598. The fraction of sp³-hybridized carbons (Fsp3) is 0.750. The second-order valence-corrected chi connectivity index (χ2v) is 7.23. The van der Waals surface area contributed by atoms with Crippen LogP contribution in [0.3, 0.4) is 0 Å². The normalized spacial score (nSPS) is 26.0. The quantitative estimate of drug-likeness (QED) is 0.800. The van der Waals surface area contributed by atoms with Crippen LogP contribution in [0.2, 0.25) is 5.02 Å². The van der Waals surface area contributed by atoms with Crippen molar-refractivity contribution in [2.75, 3.05) is 26.4 Å². The van der Waals surface area contributed by atoms with E-state index in [1.807, 2.05) is 20.9 Å². The lowest BCUT2D eigenvalue weighted by atomic mass is 10.1. The van der Waals surface area contributed by atoms with Crippen molar-refractivity contribution in [2.24, 2.45) is 13.0 Å². The van der Waals surface area contributed by atoms with Crippen LogP contribution in [0.15, 0.2) is 6.20 Å². The second kappa shape index (κ2) is 7.00. The monoisotopic (exact) mass is 357 g/mol. The van der Waals surface area contributed by atoms with E-state index in [9.17, 15) is 4.79 Å². The molecular formula is C16H24ClN3O4. The molecule has 134 valence electrons. The average molecular weight is 358 g/mol. The van der Waals surface area contributed by atoms with Gasteiger partial charge in [0.05, 0.1) is 30.7 Å². The molecule has 3 rings (SSSR count). The van der Waals surface area contributed by atoms with E-state index in [4.69, 9.17) is 25.8 Å². The Morgan fingerprint density at radius 3 is 2.83 bits per heavy atom. The number of amides is 1. The first-order valence-corrected chi connectivity index (χ1v) is 8.58. The number of hydrogen-bond donors (Lipinski definition) is 0. The predicted molar refractivity (Wildman–Crippen MR) is 87.5 cm³/mol. The van der Waals surface area contributed by atoms with Crippen LogP contribution in [0.1, 0.15) is 26.0 Å². The van der Waals surface area contributed by atoms with Gasteiger partial charge in [0.1, 0.15) is 11.8 Å². The van der Waals surface area contributed by atoms with Gasteiger partial charge in [0.2, 0.25) is 5.91 Å². The number of aromatic nitrogens is 2. The highest BCUT2D eigenvalue weighted by atomic mass is 35.5. The molecule has 2 aliphatic rings. The van der Waals surface area contributed by atoms with Crippen molar-refractivity contribution < 1.29 is 19.0 Å². The summed E-state index contributed by atoms with van der Waals surface area (Å²) in [6, 6.07) is 0. The molecule has 8 heteroatoms. The molecule has 2 fully saturated rings. The number of carbonyl (C=O) groups excluding carboxylic acids is 1. The van der Waals surface area contributed by atoms with Crippen molar-refractivity contribution in [2.45, 2.75) is 38.7 Å². The van der Waals surface area contributed by atoms with E-state index in [2.05, 4.69) is 5.10 Å². The maximum absolute atomic E-state index is 12.9. The number of rotatable bonds is 5. The van der Waals surface area contributed by atoms with Gasteiger partial charge in [-0.3, -0.25) is 9.48 Å². The van der Waals surface area contributed by atoms with Crippen LogP contribution >= 0.6 is 11.6 Å². The molecule has 0 spiro atoms. The first-order valence-electron chi connectivity index (χ1n) is 8.20. The molecule has 2 aliphatic heterocycles. The van der Waals surface area contributed by atoms with Gasteiger partial charge >= 0.3 is 0 Å². The van der Waals surface area contributed by atoms with Crippen LogP contribution < -0.4 is 0 Å². The molecule has 0 aliphatic carbocycles. The van der Waals surface area contributed by atoms with Gasteiger partial charge in [-0.25, -0.2) is 0 Å². The van der Waals surface area contributed by atoms with Crippen LogP contribution in [0.5, 0.6) is 0 Å². The summed E-state index contributed by atoms with van der Waals surface area (Å²) in [6.07, 6.45) is 2.32. The number of halogens is 1. The first-order chi connectivity index (χ1) is 11.3. The largest absolute Gasteiger partial charge is 0.381 e. The number of ether oxygens (including phenoxy) is 3. The van der Waals surface area contributed by atoms with Gasteiger partial charge in [-0.15, -0.1) is 0 Å². The summed E-state index contributed by atoms with van der Waals surface area (Å²) in [6.45, 7) is 6.12. The fourth-order valence-electron chi connectivity index (χ4n) is 3.11. The van der Waals surface area contributed by atoms with E-state index in [1.165, 1.54) is 0 Å². The highest BCUT2D eigenvalue weighted by Crippen LogP contribution is 2.25. The second-order valence-electron chi connectivity index (χ2n) is 6.83. The Morgan fingerprint density at radius 1 is 1.50 bits per heavy atom. The first kappa shape index (κ1) is 17.7. The third kappa shape index (κ3) is 4.08. The van der Waals surface area contributed by atoms with E-state index < -0.39 is 5.79 Å². The number of aryl methyl sites for hydroxylation is 1. The Balaban J connectivity index is 1.72. The van der Waals surface area contributed by atoms with Crippen molar-refractivity contribution in [1.29, 1.82) is 0 Å². The van der Waals surface area contributed by atoms with Gasteiger partial charge in [0.15, 0.2) is 5.79 Å². The van der Waals surface area contributed by atoms with Gasteiger partial charge in [-0.1, -0.05) is 11.6 Å². The predicted octanol–water partition coefficient (Wildman–Crippen LogP) is 1.59. The molecular weight excluding hydrogens is 334 g/mol. The molecule has 0 radical (unpaired) electrons. The van der Waals surface area contributed by atoms with Crippen LogP contribution in [0, 0.1) is 5.92 Å². The molecule has 2 atom stereocenters. The Hall–Kier alpha value is -1.15. The lowest BCUT2D eigenvalue weighted by Crippen LogP contribution is -2.42. The summed E-state index contributed by atoms with van der Waals surface area (Å²) in [5.74, 6) is -0.663. The smallest absolute Gasteiger partial charge is 0.228 e. The minimum atomic E-state index is -0.613. The van der Waals surface area contributed by atoms with Crippen LogP contribution in [0.4, 0.5) is 0 Å². The minimum Gasteiger partial charge on any atom is -0.381 e. The average Bonchev–Trinajstić information content (AvgIpc) is 3.20. The molecule has 0 aromatic carbocycles. The third-order valence-electron chi connectivity index (χ3n) is 4.28. The zero-order chi connectivity index (χ0) is 17.3. The lowest BCUT2D eigenvalue weighted by Gasteiger charge is -2.27. The molecule has 24 heavy (non-hydrogen) atoms. The Labute approximate surface area is 146 Å². The Morgan fingerprint density at radius 2 is 2.29 bits per heavy atom. The van der Waals surface area contributed by atoms with Gasteiger partial charge in [0, 0.05) is 26.4 Å². The zero-order valence-electron chi connectivity index (χ0n) is 14.3. The fourth-order valence-corrected chi connectivity index (χ4v) is 3.35. The highest BCUT2D eigenvalue weighted by Gasteiger charge is 2.36. The van der Waals surface area contributed by atoms with Gasteiger partial charge < -0.3 is 19.1 Å². The molecule has 1 aromatic rings. The summed E-state index contributed by atoms with van der Waals surface area (Å²) in [5.41, 5.74) is 0.685. The van der Waals surface area contributed by atoms with Crippen molar-refractivity contribution in [3.63, 3.8) is 0 Å². The van der Waals surface area contributed by atoms with Crippen LogP contribution in [-0.4, -0.2) is 58.8 Å². The van der Waals surface area contributed by atoms with Gasteiger partial charge in [0.25, 0.3) is 0 Å².